The lowest BCUT2D eigenvalue weighted by molar-refractivity contribution is 0.590. The Hall–Kier alpha value is -1.65. The second-order valence-corrected chi connectivity index (χ2v) is 7.60. The summed E-state index contributed by atoms with van der Waals surface area (Å²) < 4.78 is 2.24. The molecule has 1 aromatic carbocycles. The molecule has 0 atom stereocenters. The Bertz CT molecular complexity index is 788. The molecule has 0 aliphatic heterocycles. The van der Waals surface area contributed by atoms with Gasteiger partial charge in [0.25, 0.3) is 0 Å². The number of nitrogens with two attached hydrogens (primary N) is 1. The van der Waals surface area contributed by atoms with E-state index in [9.17, 15) is 0 Å². The van der Waals surface area contributed by atoms with Gasteiger partial charge in [0.15, 0.2) is 4.96 Å². The van der Waals surface area contributed by atoms with Crippen molar-refractivity contribution < 1.29 is 0 Å². The summed E-state index contributed by atoms with van der Waals surface area (Å²) in [5.74, 6) is 0. The number of hydrogen-bond donors (Lipinski definition) is 1. The fraction of sp³-hybridized carbons (Fsp3) is 0.389. The largest absolute Gasteiger partial charge is 0.330 e. The molecule has 116 valence electrons. The third kappa shape index (κ3) is 2.57. The SMILES string of the molecule is Cc1csc2nc(-c3ccc(C(C)(C)C)cc3)c(CCN)n12. The molecule has 0 unspecified atom stereocenters. The molecule has 4 heteroatoms. The maximum Gasteiger partial charge on any atom is 0.194 e. The topological polar surface area (TPSA) is 43.3 Å². The summed E-state index contributed by atoms with van der Waals surface area (Å²) in [4.78, 5) is 5.89. The van der Waals surface area contributed by atoms with E-state index in [0.717, 1.165) is 17.1 Å². The van der Waals surface area contributed by atoms with Crippen LogP contribution in [-0.2, 0) is 11.8 Å². The Morgan fingerprint density at radius 2 is 1.86 bits per heavy atom. The van der Waals surface area contributed by atoms with Crippen LogP contribution < -0.4 is 5.73 Å². The van der Waals surface area contributed by atoms with Crippen molar-refractivity contribution in [1.82, 2.24) is 9.38 Å². The molecule has 3 nitrogen and oxygen atoms in total. The summed E-state index contributed by atoms with van der Waals surface area (Å²) in [5.41, 5.74) is 12.0. The quantitative estimate of drug-likeness (QED) is 0.788. The van der Waals surface area contributed by atoms with Gasteiger partial charge in [-0.05, 0) is 24.4 Å². The lowest BCUT2D eigenvalue weighted by Crippen LogP contribution is -2.10. The highest BCUT2D eigenvalue weighted by molar-refractivity contribution is 7.15. The fourth-order valence-electron chi connectivity index (χ4n) is 2.79. The molecule has 0 saturated carbocycles. The van der Waals surface area contributed by atoms with Crippen LogP contribution in [0.25, 0.3) is 16.2 Å². The van der Waals surface area contributed by atoms with Gasteiger partial charge in [0.05, 0.1) is 11.4 Å². The van der Waals surface area contributed by atoms with Crippen LogP contribution in [0.5, 0.6) is 0 Å². The first-order valence-corrected chi connectivity index (χ1v) is 8.56. The Balaban J connectivity index is 2.11. The summed E-state index contributed by atoms with van der Waals surface area (Å²) >= 11 is 1.69. The molecule has 3 rings (SSSR count). The van der Waals surface area contributed by atoms with E-state index < -0.39 is 0 Å². The van der Waals surface area contributed by atoms with Crippen molar-refractivity contribution in [2.45, 2.75) is 39.5 Å². The lowest BCUT2D eigenvalue weighted by Gasteiger charge is -2.19. The summed E-state index contributed by atoms with van der Waals surface area (Å²) in [6.07, 6.45) is 0.842. The van der Waals surface area contributed by atoms with Crippen LogP contribution in [0.3, 0.4) is 0 Å². The number of hydrogen-bond acceptors (Lipinski definition) is 3. The molecular formula is C18H23N3S. The zero-order valence-electron chi connectivity index (χ0n) is 13.7. The number of benzene rings is 1. The smallest absolute Gasteiger partial charge is 0.194 e. The zero-order valence-corrected chi connectivity index (χ0v) is 14.5. The van der Waals surface area contributed by atoms with Crippen LogP contribution in [0.1, 0.15) is 37.7 Å². The Morgan fingerprint density at radius 3 is 2.45 bits per heavy atom. The Morgan fingerprint density at radius 1 is 1.18 bits per heavy atom. The zero-order chi connectivity index (χ0) is 15.9. The second-order valence-electron chi connectivity index (χ2n) is 6.77. The highest BCUT2D eigenvalue weighted by Gasteiger charge is 2.18. The number of aromatic nitrogens is 2. The Kier molecular flexibility index (Phi) is 3.83. The van der Waals surface area contributed by atoms with E-state index in [4.69, 9.17) is 10.7 Å². The average molecular weight is 313 g/mol. The molecule has 0 aliphatic rings. The monoisotopic (exact) mass is 313 g/mol. The van der Waals surface area contributed by atoms with Gasteiger partial charge >= 0.3 is 0 Å². The number of imidazole rings is 1. The highest BCUT2D eigenvalue weighted by atomic mass is 32.1. The maximum atomic E-state index is 5.82. The molecule has 2 heterocycles. The number of rotatable bonds is 3. The molecule has 0 bridgehead atoms. The molecular weight excluding hydrogens is 290 g/mol. The first kappa shape index (κ1) is 15.3. The van der Waals surface area contributed by atoms with E-state index >= 15 is 0 Å². The van der Waals surface area contributed by atoms with E-state index in [1.54, 1.807) is 11.3 Å². The minimum atomic E-state index is 0.170. The van der Waals surface area contributed by atoms with Crippen LogP contribution in [-0.4, -0.2) is 15.9 Å². The number of thiazole rings is 1. The second kappa shape index (κ2) is 5.52. The molecule has 0 radical (unpaired) electrons. The van der Waals surface area contributed by atoms with Gasteiger partial charge < -0.3 is 5.73 Å². The van der Waals surface area contributed by atoms with E-state index in [2.05, 4.69) is 61.7 Å². The predicted molar refractivity (Wildman–Crippen MR) is 94.7 cm³/mol. The highest BCUT2D eigenvalue weighted by Crippen LogP contribution is 2.30. The summed E-state index contributed by atoms with van der Waals surface area (Å²) in [6.45, 7) is 9.46. The van der Waals surface area contributed by atoms with Crippen molar-refractivity contribution >= 4 is 16.3 Å². The van der Waals surface area contributed by atoms with Gasteiger partial charge in [0.1, 0.15) is 0 Å². The predicted octanol–water partition coefficient (Wildman–Crippen LogP) is 4.17. The van der Waals surface area contributed by atoms with Gasteiger partial charge in [-0.2, -0.15) is 0 Å². The van der Waals surface area contributed by atoms with Crippen molar-refractivity contribution in [1.29, 1.82) is 0 Å². The summed E-state index contributed by atoms with van der Waals surface area (Å²) in [6, 6.07) is 8.79. The summed E-state index contributed by atoms with van der Waals surface area (Å²) in [7, 11) is 0. The van der Waals surface area contributed by atoms with Crippen LogP contribution in [0, 0.1) is 6.92 Å². The number of fused-ring (bicyclic) bond motifs is 1. The van der Waals surface area contributed by atoms with Crippen molar-refractivity contribution in [3.63, 3.8) is 0 Å². The average Bonchev–Trinajstić information content (AvgIpc) is 3.00. The van der Waals surface area contributed by atoms with E-state index in [1.807, 2.05) is 0 Å². The molecule has 0 amide bonds. The number of nitrogens with zero attached hydrogens (tertiary/aromatic N) is 2. The van der Waals surface area contributed by atoms with Crippen molar-refractivity contribution in [2.75, 3.05) is 6.54 Å². The molecule has 22 heavy (non-hydrogen) atoms. The number of aryl methyl sites for hydroxylation is 1. The summed E-state index contributed by atoms with van der Waals surface area (Å²) in [5, 5.41) is 2.15. The first-order chi connectivity index (χ1) is 10.4. The van der Waals surface area contributed by atoms with E-state index in [1.165, 1.54) is 22.5 Å². The van der Waals surface area contributed by atoms with E-state index in [-0.39, 0.29) is 5.41 Å². The molecule has 0 spiro atoms. The first-order valence-electron chi connectivity index (χ1n) is 7.68. The van der Waals surface area contributed by atoms with Gasteiger partial charge in [-0.1, -0.05) is 45.0 Å². The molecule has 3 aromatic rings. The van der Waals surface area contributed by atoms with Crippen LogP contribution >= 0.6 is 11.3 Å². The molecule has 0 aliphatic carbocycles. The fourth-order valence-corrected chi connectivity index (χ4v) is 3.68. The third-order valence-corrected chi connectivity index (χ3v) is 4.98. The van der Waals surface area contributed by atoms with Gasteiger partial charge in [-0.15, -0.1) is 11.3 Å². The van der Waals surface area contributed by atoms with Gasteiger partial charge in [0.2, 0.25) is 0 Å². The van der Waals surface area contributed by atoms with Crippen molar-refractivity contribution in [2.24, 2.45) is 5.73 Å². The standard InChI is InChI=1S/C18H23N3S/c1-12-11-22-17-20-16(15(9-10-19)21(12)17)13-5-7-14(8-6-13)18(2,3)4/h5-8,11H,9-10,19H2,1-4H3. The Labute approximate surface area is 135 Å². The van der Waals surface area contributed by atoms with Crippen LogP contribution in [0.2, 0.25) is 0 Å². The van der Waals surface area contributed by atoms with Gasteiger partial charge in [-0.25, -0.2) is 4.98 Å². The maximum absolute atomic E-state index is 5.82. The minimum Gasteiger partial charge on any atom is -0.330 e. The van der Waals surface area contributed by atoms with Gasteiger partial charge in [-0.3, -0.25) is 4.40 Å². The molecule has 2 aromatic heterocycles. The molecule has 2 N–H and O–H groups in total. The van der Waals surface area contributed by atoms with Crippen molar-refractivity contribution in [3.05, 3.63) is 46.6 Å². The lowest BCUT2D eigenvalue weighted by atomic mass is 9.86. The molecule has 0 fully saturated rings. The van der Waals surface area contributed by atoms with E-state index in [0.29, 0.717) is 6.54 Å². The van der Waals surface area contributed by atoms with Crippen molar-refractivity contribution in [3.8, 4) is 11.3 Å². The van der Waals surface area contributed by atoms with Crippen LogP contribution in [0.15, 0.2) is 29.6 Å². The normalized spacial score (nSPS) is 12.2. The molecule has 0 saturated heterocycles. The minimum absolute atomic E-state index is 0.170. The van der Waals surface area contributed by atoms with Gasteiger partial charge in [0, 0.05) is 23.1 Å². The van der Waals surface area contributed by atoms with Crippen LogP contribution in [0.4, 0.5) is 0 Å². The third-order valence-electron chi connectivity index (χ3n) is 4.04.